The van der Waals surface area contributed by atoms with Crippen LogP contribution in [0, 0.1) is 0 Å². The van der Waals surface area contributed by atoms with E-state index in [1.807, 2.05) is 12.3 Å². The Labute approximate surface area is 173 Å². The Morgan fingerprint density at radius 1 is 1.19 bits per heavy atom. The SMILES string of the molecule is CCN(CC)CCc1c[nH]c2cc(NS(=O)(=O)c3cc(Cl)c(Cl)s3)ccc12. The molecule has 2 N–H and O–H groups in total. The van der Waals surface area contributed by atoms with Crippen molar-refractivity contribution in [2.24, 2.45) is 0 Å². The molecule has 0 aliphatic carbocycles. The van der Waals surface area contributed by atoms with Gasteiger partial charge >= 0.3 is 0 Å². The molecule has 2 heterocycles. The lowest BCUT2D eigenvalue weighted by Crippen LogP contribution is -2.25. The van der Waals surface area contributed by atoms with Crippen molar-refractivity contribution < 1.29 is 8.42 Å². The number of likely N-dealkylation sites (N-methyl/N-ethyl adjacent to an activating group) is 1. The number of hydrogen-bond acceptors (Lipinski definition) is 4. The minimum Gasteiger partial charge on any atom is -0.361 e. The standard InChI is InChI=1S/C18H21Cl2N3O2S2/c1-3-23(4-2)8-7-12-11-21-16-9-13(5-6-14(12)16)22-27(24,25)17-10-15(19)18(20)26-17/h5-6,9-11,21-22H,3-4,7-8H2,1-2H3. The molecule has 0 saturated heterocycles. The lowest BCUT2D eigenvalue weighted by atomic mass is 10.1. The lowest BCUT2D eigenvalue weighted by molar-refractivity contribution is 0.308. The van der Waals surface area contributed by atoms with E-state index < -0.39 is 10.0 Å². The first-order valence-electron chi connectivity index (χ1n) is 8.64. The van der Waals surface area contributed by atoms with Crippen LogP contribution in [0.25, 0.3) is 10.9 Å². The number of nitrogens with one attached hydrogen (secondary N) is 2. The molecule has 0 amide bonds. The van der Waals surface area contributed by atoms with Gasteiger partial charge in [-0.25, -0.2) is 8.42 Å². The quantitative estimate of drug-likeness (QED) is 0.499. The van der Waals surface area contributed by atoms with E-state index in [0.717, 1.165) is 48.3 Å². The van der Waals surface area contributed by atoms with Crippen LogP contribution < -0.4 is 4.72 Å². The van der Waals surface area contributed by atoms with E-state index in [-0.39, 0.29) is 13.6 Å². The van der Waals surface area contributed by atoms with Crippen LogP contribution in [0.2, 0.25) is 9.36 Å². The van der Waals surface area contributed by atoms with Gasteiger partial charge in [0.05, 0.1) is 10.7 Å². The molecular weight excluding hydrogens is 425 g/mol. The Hall–Kier alpha value is -1.25. The van der Waals surface area contributed by atoms with Crippen LogP contribution in [0.3, 0.4) is 0 Å². The molecule has 3 rings (SSSR count). The summed E-state index contributed by atoms with van der Waals surface area (Å²) in [4.78, 5) is 5.61. The molecule has 5 nitrogen and oxygen atoms in total. The summed E-state index contributed by atoms with van der Waals surface area (Å²) in [5.74, 6) is 0. The third-order valence-electron chi connectivity index (χ3n) is 4.50. The van der Waals surface area contributed by atoms with Crippen molar-refractivity contribution in [2.45, 2.75) is 24.5 Å². The van der Waals surface area contributed by atoms with Crippen LogP contribution in [0.4, 0.5) is 5.69 Å². The number of hydrogen-bond donors (Lipinski definition) is 2. The Balaban J connectivity index is 1.79. The molecular formula is C18H21Cl2N3O2S2. The molecule has 3 aromatic rings. The first-order valence-corrected chi connectivity index (χ1v) is 11.7. The fraction of sp³-hybridized carbons (Fsp3) is 0.333. The molecule has 0 fully saturated rings. The van der Waals surface area contributed by atoms with Crippen LogP contribution in [0.15, 0.2) is 34.7 Å². The number of halogens is 2. The molecule has 0 spiro atoms. The highest BCUT2D eigenvalue weighted by Gasteiger charge is 2.19. The maximum Gasteiger partial charge on any atom is 0.271 e. The van der Waals surface area contributed by atoms with Crippen molar-refractivity contribution in [3.05, 3.63) is 45.4 Å². The smallest absolute Gasteiger partial charge is 0.271 e. The Morgan fingerprint density at radius 2 is 1.93 bits per heavy atom. The van der Waals surface area contributed by atoms with Crippen LogP contribution in [-0.2, 0) is 16.4 Å². The third-order valence-corrected chi connectivity index (χ3v) is 8.22. The largest absolute Gasteiger partial charge is 0.361 e. The summed E-state index contributed by atoms with van der Waals surface area (Å²) in [5, 5.41) is 1.34. The minimum atomic E-state index is -3.73. The van der Waals surface area contributed by atoms with Crippen molar-refractivity contribution in [1.82, 2.24) is 9.88 Å². The van der Waals surface area contributed by atoms with Crippen LogP contribution >= 0.6 is 34.5 Å². The summed E-state index contributed by atoms with van der Waals surface area (Å²) in [6.07, 6.45) is 2.93. The molecule has 27 heavy (non-hydrogen) atoms. The fourth-order valence-electron chi connectivity index (χ4n) is 2.94. The van der Waals surface area contributed by atoms with E-state index in [2.05, 4.69) is 28.5 Å². The maximum atomic E-state index is 12.5. The highest BCUT2D eigenvalue weighted by molar-refractivity contribution is 7.94. The van der Waals surface area contributed by atoms with Gasteiger partial charge in [-0.1, -0.05) is 43.1 Å². The number of aromatic nitrogens is 1. The maximum absolute atomic E-state index is 12.5. The summed E-state index contributed by atoms with van der Waals surface area (Å²) in [6.45, 7) is 7.37. The summed E-state index contributed by atoms with van der Waals surface area (Å²) in [6, 6.07) is 6.86. The molecule has 0 aliphatic rings. The van der Waals surface area contributed by atoms with Gasteiger partial charge in [-0.15, -0.1) is 11.3 Å². The topological polar surface area (TPSA) is 65.2 Å². The fourth-order valence-corrected chi connectivity index (χ4v) is 5.87. The highest BCUT2D eigenvalue weighted by atomic mass is 35.5. The minimum absolute atomic E-state index is 0.0870. The molecule has 0 atom stereocenters. The normalized spacial score (nSPS) is 12.2. The number of thiophene rings is 1. The highest BCUT2D eigenvalue weighted by Crippen LogP contribution is 2.35. The van der Waals surface area contributed by atoms with Gasteiger partial charge in [0.1, 0.15) is 8.55 Å². The predicted molar refractivity (Wildman–Crippen MR) is 115 cm³/mol. The zero-order chi connectivity index (χ0) is 19.6. The monoisotopic (exact) mass is 445 g/mol. The molecule has 0 saturated carbocycles. The van der Waals surface area contributed by atoms with Crippen molar-refractivity contribution in [3.63, 3.8) is 0 Å². The summed E-state index contributed by atoms with van der Waals surface area (Å²) < 4.78 is 28.0. The molecule has 2 aromatic heterocycles. The van der Waals surface area contributed by atoms with Crippen LogP contribution in [-0.4, -0.2) is 37.9 Å². The molecule has 0 aliphatic heterocycles. The van der Waals surface area contributed by atoms with E-state index in [1.54, 1.807) is 12.1 Å². The van der Waals surface area contributed by atoms with Crippen LogP contribution in [0.1, 0.15) is 19.4 Å². The summed E-state index contributed by atoms with van der Waals surface area (Å²) >= 11 is 12.7. The molecule has 146 valence electrons. The van der Waals surface area contributed by atoms with E-state index in [4.69, 9.17) is 23.2 Å². The Kier molecular flexibility index (Phi) is 6.38. The van der Waals surface area contributed by atoms with E-state index >= 15 is 0 Å². The molecule has 0 unspecified atom stereocenters. The number of fused-ring (bicyclic) bond motifs is 1. The molecule has 0 radical (unpaired) electrons. The van der Waals surface area contributed by atoms with Crippen molar-refractivity contribution in [2.75, 3.05) is 24.4 Å². The van der Waals surface area contributed by atoms with E-state index in [9.17, 15) is 8.42 Å². The van der Waals surface area contributed by atoms with Crippen molar-refractivity contribution >= 4 is 61.2 Å². The van der Waals surface area contributed by atoms with Gasteiger partial charge in [-0.05, 0) is 43.3 Å². The third kappa shape index (κ3) is 4.60. The summed E-state index contributed by atoms with van der Waals surface area (Å²) in [7, 11) is -3.73. The zero-order valence-electron chi connectivity index (χ0n) is 15.1. The van der Waals surface area contributed by atoms with Gasteiger partial charge in [0, 0.05) is 23.6 Å². The predicted octanol–water partition coefficient (Wildman–Crippen LogP) is 5.22. The summed E-state index contributed by atoms with van der Waals surface area (Å²) in [5.41, 5.74) is 2.61. The number of rotatable bonds is 8. The van der Waals surface area contributed by atoms with Crippen LogP contribution in [0.5, 0.6) is 0 Å². The van der Waals surface area contributed by atoms with E-state index in [0.29, 0.717) is 5.69 Å². The van der Waals surface area contributed by atoms with E-state index in [1.165, 1.54) is 11.6 Å². The van der Waals surface area contributed by atoms with Gasteiger partial charge < -0.3 is 9.88 Å². The average molecular weight is 446 g/mol. The van der Waals surface area contributed by atoms with Gasteiger partial charge in [0.25, 0.3) is 10.0 Å². The number of sulfonamides is 1. The average Bonchev–Trinajstić information content (AvgIpc) is 3.19. The van der Waals surface area contributed by atoms with Crippen molar-refractivity contribution in [1.29, 1.82) is 0 Å². The second kappa shape index (κ2) is 8.41. The van der Waals surface area contributed by atoms with Gasteiger partial charge in [-0.2, -0.15) is 0 Å². The number of H-pyrrole nitrogens is 1. The molecule has 9 heteroatoms. The Morgan fingerprint density at radius 3 is 2.56 bits per heavy atom. The van der Waals surface area contributed by atoms with Gasteiger partial charge in [0.2, 0.25) is 0 Å². The lowest BCUT2D eigenvalue weighted by Gasteiger charge is -2.17. The number of aromatic amines is 1. The number of anilines is 1. The second-order valence-corrected chi connectivity index (χ2v) is 10.1. The second-order valence-electron chi connectivity index (χ2n) is 6.14. The molecule has 0 bridgehead atoms. The van der Waals surface area contributed by atoms with Gasteiger partial charge in [-0.3, -0.25) is 4.72 Å². The van der Waals surface area contributed by atoms with Gasteiger partial charge in [0.15, 0.2) is 0 Å². The first-order chi connectivity index (χ1) is 12.8. The first kappa shape index (κ1) is 20.5. The number of nitrogens with zero attached hydrogens (tertiary/aromatic N) is 1. The molecule has 1 aromatic carbocycles. The Bertz CT molecular complexity index is 1020. The van der Waals surface area contributed by atoms with Crippen molar-refractivity contribution in [3.8, 4) is 0 Å². The number of benzene rings is 1. The zero-order valence-corrected chi connectivity index (χ0v) is 18.2.